The van der Waals surface area contributed by atoms with Gasteiger partial charge in [0.2, 0.25) is 0 Å². The van der Waals surface area contributed by atoms with Crippen molar-refractivity contribution in [2.24, 2.45) is 5.92 Å². The maximum atomic E-state index is 11.5. The summed E-state index contributed by atoms with van der Waals surface area (Å²) in [5.41, 5.74) is 0. The fraction of sp³-hybridized carbons (Fsp3) is 0.923. The Morgan fingerprint density at radius 2 is 2.24 bits per heavy atom. The molecule has 0 radical (unpaired) electrons. The lowest BCUT2D eigenvalue weighted by atomic mass is 10.1. The van der Waals surface area contributed by atoms with Crippen molar-refractivity contribution in [3.8, 4) is 0 Å². The van der Waals surface area contributed by atoms with Gasteiger partial charge in [0.25, 0.3) is 0 Å². The van der Waals surface area contributed by atoms with Gasteiger partial charge in [-0.05, 0) is 32.2 Å². The molecule has 2 unspecified atom stereocenters. The Hall–Kier alpha value is -0.610. The standard InChI is InChI=1S/C13H24N2O2/c1-10(13(16)17-2)8-15(12-5-6-12)9-11-4-3-7-14-11/h10-12,14H,3-9H2,1-2H3. The van der Waals surface area contributed by atoms with E-state index in [1.165, 1.54) is 32.8 Å². The van der Waals surface area contributed by atoms with Gasteiger partial charge in [0.1, 0.15) is 0 Å². The number of rotatable bonds is 6. The molecule has 0 amide bonds. The Labute approximate surface area is 104 Å². The highest BCUT2D eigenvalue weighted by Gasteiger charge is 2.33. The third-order valence-electron chi connectivity index (χ3n) is 3.79. The van der Waals surface area contributed by atoms with Crippen molar-refractivity contribution >= 4 is 5.97 Å². The van der Waals surface area contributed by atoms with Crippen LogP contribution < -0.4 is 5.32 Å². The lowest BCUT2D eigenvalue weighted by Crippen LogP contribution is -2.42. The van der Waals surface area contributed by atoms with Crippen LogP contribution in [0.4, 0.5) is 0 Å². The van der Waals surface area contributed by atoms with Crippen LogP contribution in [0.2, 0.25) is 0 Å². The number of hydrogen-bond donors (Lipinski definition) is 1. The Morgan fingerprint density at radius 3 is 2.76 bits per heavy atom. The van der Waals surface area contributed by atoms with Gasteiger partial charge in [-0.3, -0.25) is 9.69 Å². The predicted molar refractivity (Wildman–Crippen MR) is 66.8 cm³/mol. The summed E-state index contributed by atoms with van der Waals surface area (Å²) in [6.07, 6.45) is 5.15. The molecule has 4 nitrogen and oxygen atoms in total. The van der Waals surface area contributed by atoms with Crippen molar-refractivity contribution < 1.29 is 9.53 Å². The second kappa shape index (κ2) is 5.83. The third kappa shape index (κ3) is 3.68. The zero-order valence-electron chi connectivity index (χ0n) is 10.9. The fourth-order valence-electron chi connectivity index (χ4n) is 2.64. The average molecular weight is 240 g/mol. The first kappa shape index (κ1) is 12.8. The van der Waals surface area contributed by atoms with Gasteiger partial charge >= 0.3 is 5.97 Å². The van der Waals surface area contributed by atoms with Crippen LogP contribution in [-0.4, -0.2) is 49.7 Å². The number of nitrogens with zero attached hydrogens (tertiary/aromatic N) is 1. The summed E-state index contributed by atoms with van der Waals surface area (Å²) in [5.74, 6) is -0.1000. The molecule has 1 saturated carbocycles. The first-order valence-electron chi connectivity index (χ1n) is 6.76. The molecule has 1 heterocycles. The van der Waals surface area contributed by atoms with Crippen molar-refractivity contribution in [3.63, 3.8) is 0 Å². The van der Waals surface area contributed by atoms with Gasteiger partial charge in [0.15, 0.2) is 0 Å². The number of hydrogen-bond acceptors (Lipinski definition) is 4. The summed E-state index contributed by atoms with van der Waals surface area (Å²) in [6, 6.07) is 1.34. The van der Waals surface area contributed by atoms with E-state index in [2.05, 4.69) is 10.2 Å². The minimum atomic E-state index is -0.0879. The number of carbonyl (C=O) groups excluding carboxylic acids is 1. The van der Waals surface area contributed by atoms with Crippen molar-refractivity contribution in [1.29, 1.82) is 0 Å². The van der Waals surface area contributed by atoms with Crippen LogP contribution in [0.3, 0.4) is 0 Å². The predicted octanol–water partition coefficient (Wildman–Crippen LogP) is 1.01. The molecule has 1 N–H and O–H groups in total. The van der Waals surface area contributed by atoms with Crippen molar-refractivity contribution in [2.75, 3.05) is 26.7 Å². The molecule has 2 atom stereocenters. The molecule has 0 aromatic rings. The normalized spacial score (nSPS) is 26.2. The molecule has 2 rings (SSSR count). The zero-order valence-corrected chi connectivity index (χ0v) is 10.9. The van der Waals surface area contributed by atoms with Crippen LogP contribution >= 0.6 is 0 Å². The summed E-state index contributed by atoms with van der Waals surface area (Å²) in [7, 11) is 1.47. The minimum absolute atomic E-state index is 0.0120. The molecule has 2 aliphatic rings. The largest absolute Gasteiger partial charge is 0.469 e. The summed E-state index contributed by atoms with van der Waals surface area (Å²) in [6.45, 7) is 5.04. The third-order valence-corrected chi connectivity index (χ3v) is 3.79. The molecule has 0 bridgehead atoms. The molecule has 4 heteroatoms. The van der Waals surface area contributed by atoms with Crippen LogP contribution in [0, 0.1) is 5.92 Å². The second-order valence-corrected chi connectivity index (χ2v) is 5.40. The van der Waals surface area contributed by atoms with Crippen LogP contribution in [0.5, 0.6) is 0 Å². The SMILES string of the molecule is COC(=O)C(C)CN(CC1CCCN1)C1CC1. The van der Waals surface area contributed by atoms with Crippen LogP contribution in [0.25, 0.3) is 0 Å². The van der Waals surface area contributed by atoms with Gasteiger partial charge in [-0.2, -0.15) is 0 Å². The summed E-state index contributed by atoms with van der Waals surface area (Å²) in [4.78, 5) is 13.9. The van der Waals surface area contributed by atoms with E-state index in [9.17, 15) is 4.79 Å². The molecule has 0 spiro atoms. The molecule has 1 aliphatic heterocycles. The van der Waals surface area contributed by atoms with Gasteiger partial charge < -0.3 is 10.1 Å². The molecule has 0 aromatic carbocycles. The van der Waals surface area contributed by atoms with Gasteiger partial charge in [0, 0.05) is 25.2 Å². The van der Waals surface area contributed by atoms with E-state index in [1.807, 2.05) is 6.92 Å². The molecule has 1 aliphatic carbocycles. The van der Waals surface area contributed by atoms with Gasteiger partial charge in [0.05, 0.1) is 13.0 Å². The number of esters is 1. The van der Waals surface area contributed by atoms with Gasteiger partial charge in [-0.25, -0.2) is 0 Å². The van der Waals surface area contributed by atoms with Crippen LogP contribution in [0.1, 0.15) is 32.6 Å². The highest BCUT2D eigenvalue weighted by molar-refractivity contribution is 5.72. The van der Waals surface area contributed by atoms with E-state index >= 15 is 0 Å². The first-order valence-corrected chi connectivity index (χ1v) is 6.76. The summed E-state index contributed by atoms with van der Waals surface area (Å²) in [5, 5.41) is 3.53. The van der Waals surface area contributed by atoms with E-state index in [1.54, 1.807) is 0 Å². The first-order chi connectivity index (χ1) is 8.20. The quantitative estimate of drug-likeness (QED) is 0.704. The average Bonchev–Trinajstić information content (AvgIpc) is 3.06. The van der Waals surface area contributed by atoms with Crippen LogP contribution in [0.15, 0.2) is 0 Å². The number of nitrogens with one attached hydrogen (secondary N) is 1. The Morgan fingerprint density at radius 1 is 1.47 bits per heavy atom. The van der Waals surface area contributed by atoms with Gasteiger partial charge in [-0.1, -0.05) is 6.92 Å². The topological polar surface area (TPSA) is 41.6 Å². The maximum Gasteiger partial charge on any atom is 0.309 e. The number of methoxy groups -OCH3 is 1. The molecular formula is C13H24N2O2. The smallest absolute Gasteiger partial charge is 0.309 e. The summed E-state index contributed by atoms with van der Waals surface area (Å²) < 4.78 is 4.80. The lowest BCUT2D eigenvalue weighted by Gasteiger charge is -2.27. The molecule has 98 valence electrons. The van der Waals surface area contributed by atoms with Gasteiger partial charge in [-0.15, -0.1) is 0 Å². The van der Waals surface area contributed by atoms with E-state index in [0.29, 0.717) is 12.1 Å². The second-order valence-electron chi connectivity index (χ2n) is 5.40. The zero-order chi connectivity index (χ0) is 12.3. The molecule has 2 fully saturated rings. The molecular weight excluding hydrogens is 216 g/mol. The van der Waals surface area contributed by atoms with E-state index in [4.69, 9.17) is 4.74 Å². The molecule has 0 aromatic heterocycles. The fourth-order valence-corrected chi connectivity index (χ4v) is 2.64. The molecule has 1 saturated heterocycles. The number of carbonyl (C=O) groups is 1. The monoisotopic (exact) mass is 240 g/mol. The Kier molecular flexibility index (Phi) is 4.40. The van der Waals surface area contributed by atoms with Crippen molar-refractivity contribution in [1.82, 2.24) is 10.2 Å². The molecule has 17 heavy (non-hydrogen) atoms. The minimum Gasteiger partial charge on any atom is -0.469 e. The maximum absolute atomic E-state index is 11.5. The van der Waals surface area contributed by atoms with Crippen LogP contribution in [-0.2, 0) is 9.53 Å². The van der Waals surface area contributed by atoms with E-state index in [0.717, 1.165) is 19.6 Å². The number of ether oxygens (including phenoxy) is 1. The van der Waals surface area contributed by atoms with E-state index < -0.39 is 0 Å². The summed E-state index contributed by atoms with van der Waals surface area (Å²) >= 11 is 0. The Balaban J connectivity index is 1.81. The Bertz CT molecular complexity index is 260. The van der Waals surface area contributed by atoms with E-state index in [-0.39, 0.29) is 11.9 Å². The highest BCUT2D eigenvalue weighted by Crippen LogP contribution is 2.28. The highest BCUT2D eigenvalue weighted by atomic mass is 16.5. The van der Waals surface area contributed by atoms with Crippen molar-refractivity contribution in [2.45, 2.75) is 44.7 Å². The van der Waals surface area contributed by atoms with Crippen molar-refractivity contribution in [3.05, 3.63) is 0 Å². The lowest BCUT2D eigenvalue weighted by molar-refractivity contribution is -0.145.